The zero-order valence-electron chi connectivity index (χ0n) is 18.8. The summed E-state index contributed by atoms with van der Waals surface area (Å²) in [4.78, 5) is 8.19. The van der Waals surface area contributed by atoms with Crippen molar-refractivity contribution in [2.75, 3.05) is 0 Å². The minimum absolute atomic E-state index is 0.266. The fourth-order valence-electron chi connectivity index (χ4n) is 4.59. The molecule has 1 heterocycles. The molecule has 0 saturated heterocycles. The number of rotatable bonds is 6. The summed E-state index contributed by atoms with van der Waals surface area (Å²) in [5, 5.41) is 15.0. The summed E-state index contributed by atoms with van der Waals surface area (Å²) < 4.78 is 0. The molecule has 0 unspecified atom stereocenters. The SMILES string of the molecule is CC(C)c1ccc(C2(O)CCC(N[C@@H](C)c3ccc(-c4cncnc4)cc3)CC2)cc1. The molecule has 4 rings (SSSR count). The Morgan fingerprint density at radius 2 is 1.42 bits per heavy atom. The van der Waals surface area contributed by atoms with E-state index in [1.165, 1.54) is 11.1 Å². The highest BCUT2D eigenvalue weighted by atomic mass is 16.3. The van der Waals surface area contributed by atoms with Crippen LogP contribution in [0.1, 0.15) is 75.1 Å². The first kappa shape index (κ1) is 21.7. The van der Waals surface area contributed by atoms with E-state index in [9.17, 15) is 5.11 Å². The summed E-state index contributed by atoms with van der Waals surface area (Å²) in [5.41, 5.74) is 5.11. The second kappa shape index (κ2) is 9.29. The first-order valence-corrected chi connectivity index (χ1v) is 11.4. The maximum absolute atomic E-state index is 11.2. The van der Waals surface area contributed by atoms with Crippen LogP contribution in [0.15, 0.2) is 67.3 Å². The smallest absolute Gasteiger partial charge is 0.115 e. The number of hydrogen-bond donors (Lipinski definition) is 2. The summed E-state index contributed by atoms with van der Waals surface area (Å²) in [5.74, 6) is 0.514. The van der Waals surface area contributed by atoms with Crippen LogP contribution in [-0.2, 0) is 5.60 Å². The normalized spacial score (nSPS) is 22.4. The Morgan fingerprint density at radius 1 is 0.839 bits per heavy atom. The molecule has 0 bridgehead atoms. The van der Waals surface area contributed by atoms with Gasteiger partial charge in [0.05, 0.1) is 5.60 Å². The van der Waals surface area contributed by atoms with Crippen LogP contribution in [0.25, 0.3) is 11.1 Å². The minimum Gasteiger partial charge on any atom is -0.385 e. The Bertz CT molecular complexity index is 960. The van der Waals surface area contributed by atoms with E-state index in [0.29, 0.717) is 12.0 Å². The van der Waals surface area contributed by atoms with Gasteiger partial charge in [0.1, 0.15) is 6.33 Å². The van der Waals surface area contributed by atoms with E-state index < -0.39 is 5.60 Å². The molecule has 2 aromatic carbocycles. The van der Waals surface area contributed by atoms with Crippen LogP contribution >= 0.6 is 0 Å². The van der Waals surface area contributed by atoms with Crippen LogP contribution in [0.2, 0.25) is 0 Å². The third kappa shape index (κ3) is 5.03. The van der Waals surface area contributed by atoms with Crippen molar-refractivity contribution in [2.45, 2.75) is 70.1 Å². The summed E-state index contributed by atoms with van der Waals surface area (Å²) in [6, 6.07) is 17.9. The minimum atomic E-state index is -0.698. The Balaban J connectivity index is 1.34. The molecule has 1 fully saturated rings. The molecule has 4 nitrogen and oxygen atoms in total. The van der Waals surface area contributed by atoms with E-state index in [4.69, 9.17) is 0 Å². The molecule has 0 radical (unpaired) electrons. The van der Waals surface area contributed by atoms with Crippen molar-refractivity contribution < 1.29 is 5.11 Å². The topological polar surface area (TPSA) is 58.0 Å². The van der Waals surface area contributed by atoms with Crippen molar-refractivity contribution in [2.24, 2.45) is 0 Å². The molecule has 1 saturated carbocycles. The van der Waals surface area contributed by atoms with Gasteiger partial charge < -0.3 is 10.4 Å². The largest absolute Gasteiger partial charge is 0.385 e. The Kier molecular flexibility index (Phi) is 6.49. The van der Waals surface area contributed by atoms with Gasteiger partial charge in [0.25, 0.3) is 0 Å². The van der Waals surface area contributed by atoms with Gasteiger partial charge in [0.2, 0.25) is 0 Å². The van der Waals surface area contributed by atoms with E-state index in [0.717, 1.165) is 42.4 Å². The third-order valence-corrected chi connectivity index (χ3v) is 6.72. The average molecular weight is 416 g/mol. The lowest BCUT2D eigenvalue weighted by Crippen LogP contribution is -2.40. The first-order valence-electron chi connectivity index (χ1n) is 11.4. The molecular weight excluding hydrogens is 382 g/mol. The van der Waals surface area contributed by atoms with E-state index in [1.807, 2.05) is 12.4 Å². The fraction of sp³-hybridized carbons (Fsp3) is 0.407. The number of nitrogens with one attached hydrogen (secondary N) is 1. The number of hydrogen-bond acceptors (Lipinski definition) is 4. The van der Waals surface area contributed by atoms with Crippen LogP contribution in [0.3, 0.4) is 0 Å². The Morgan fingerprint density at radius 3 is 2.00 bits per heavy atom. The lowest BCUT2D eigenvalue weighted by Gasteiger charge is -2.38. The van der Waals surface area contributed by atoms with E-state index in [-0.39, 0.29) is 6.04 Å². The monoisotopic (exact) mass is 415 g/mol. The standard InChI is InChI=1S/C27H33N3O/c1-19(2)21-8-10-25(11-9-21)27(31)14-12-26(13-15-27)30-20(3)22-4-6-23(7-5-22)24-16-28-18-29-17-24/h4-11,16-20,26,30-31H,12-15H2,1-3H3/t20-,26?,27?/m0/s1. The van der Waals surface area contributed by atoms with Crippen molar-refractivity contribution in [3.05, 3.63) is 83.9 Å². The molecular formula is C27H33N3O. The van der Waals surface area contributed by atoms with Gasteiger partial charge in [-0.05, 0) is 60.8 Å². The molecule has 0 aliphatic heterocycles. The summed E-state index contributed by atoms with van der Waals surface area (Å²) >= 11 is 0. The molecule has 31 heavy (non-hydrogen) atoms. The molecule has 2 N–H and O–H groups in total. The molecule has 4 heteroatoms. The van der Waals surface area contributed by atoms with Gasteiger partial charge in [-0.2, -0.15) is 0 Å². The maximum atomic E-state index is 11.2. The van der Waals surface area contributed by atoms with Gasteiger partial charge in [0, 0.05) is 30.0 Å². The van der Waals surface area contributed by atoms with Gasteiger partial charge in [0.15, 0.2) is 0 Å². The van der Waals surface area contributed by atoms with Gasteiger partial charge in [-0.3, -0.25) is 0 Å². The zero-order chi connectivity index (χ0) is 21.8. The molecule has 3 aromatic rings. The van der Waals surface area contributed by atoms with Crippen LogP contribution < -0.4 is 5.32 Å². The summed E-state index contributed by atoms with van der Waals surface area (Å²) in [6.45, 7) is 6.61. The molecule has 0 spiro atoms. The lowest BCUT2D eigenvalue weighted by atomic mass is 9.77. The van der Waals surface area contributed by atoms with Crippen LogP contribution in [0, 0.1) is 0 Å². The number of nitrogens with zero attached hydrogens (tertiary/aromatic N) is 2. The van der Waals surface area contributed by atoms with Gasteiger partial charge >= 0.3 is 0 Å². The highest BCUT2D eigenvalue weighted by Gasteiger charge is 2.35. The van der Waals surface area contributed by atoms with Gasteiger partial charge in [-0.25, -0.2) is 9.97 Å². The van der Waals surface area contributed by atoms with E-state index in [1.54, 1.807) is 6.33 Å². The molecule has 1 atom stereocenters. The molecule has 0 amide bonds. The number of aromatic nitrogens is 2. The Labute approximate surface area is 185 Å². The third-order valence-electron chi connectivity index (χ3n) is 6.72. The molecule has 162 valence electrons. The summed E-state index contributed by atoms with van der Waals surface area (Å²) in [6.07, 6.45) is 8.78. The predicted molar refractivity (Wildman–Crippen MR) is 126 cm³/mol. The highest BCUT2D eigenvalue weighted by molar-refractivity contribution is 5.61. The van der Waals surface area contributed by atoms with E-state index in [2.05, 4.69) is 84.6 Å². The van der Waals surface area contributed by atoms with Gasteiger partial charge in [-0.15, -0.1) is 0 Å². The van der Waals surface area contributed by atoms with Crippen LogP contribution in [-0.4, -0.2) is 21.1 Å². The molecule has 1 aliphatic carbocycles. The van der Waals surface area contributed by atoms with Crippen molar-refractivity contribution in [3.8, 4) is 11.1 Å². The molecule has 1 aromatic heterocycles. The Hall–Kier alpha value is -2.56. The van der Waals surface area contributed by atoms with Crippen molar-refractivity contribution in [3.63, 3.8) is 0 Å². The zero-order valence-corrected chi connectivity index (χ0v) is 18.8. The van der Waals surface area contributed by atoms with Crippen molar-refractivity contribution in [1.29, 1.82) is 0 Å². The van der Waals surface area contributed by atoms with Crippen LogP contribution in [0.5, 0.6) is 0 Å². The average Bonchev–Trinajstić information content (AvgIpc) is 2.81. The van der Waals surface area contributed by atoms with Crippen LogP contribution in [0.4, 0.5) is 0 Å². The molecule has 1 aliphatic rings. The lowest BCUT2D eigenvalue weighted by molar-refractivity contribution is -0.00924. The quantitative estimate of drug-likeness (QED) is 0.538. The first-order chi connectivity index (χ1) is 14.9. The van der Waals surface area contributed by atoms with Crippen molar-refractivity contribution in [1.82, 2.24) is 15.3 Å². The van der Waals surface area contributed by atoms with Gasteiger partial charge in [-0.1, -0.05) is 62.4 Å². The van der Waals surface area contributed by atoms with E-state index >= 15 is 0 Å². The van der Waals surface area contributed by atoms with Crippen molar-refractivity contribution >= 4 is 0 Å². The number of benzene rings is 2. The maximum Gasteiger partial charge on any atom is 0.115 e. The number of aliphatic hydroxyl groups is 1. The predicted octanol–water partition coefficient (Wildman–Crippen LogP) is 5.75. The highest BCUT2D eigenvalue weighted by Crippen LogP contribution is 2.38. The summed E-state index contributed by atoms with van der Waals surface area (Å²) in [7, 11) is 0. The second-order valence-electron chi connectivity index (χ2n) is 9.22. The fourth-order valence-corrected chi connectivity index (χ4v) is 4.59. The second-order valence-corrected chi connectivity index (χ2v) is 9.22.